The quantitative estimate of drug-likeness (QED) is 0.410. The zero-order valence-corrected chi connectivity index (χ0v) is 24.1. The van der Waals surface area contributed by atoms with E-state index < -0.39 is 22.7 Å². The van der Waals surface area contributed by atoms with Gasteiger partial charge in [-0.25, -0.2) is 0 Å². The first-order chi connectivity index (χ1) is 14.5. The fraction of sp³-hybridized carbons (Fsp3) is 0.556. The second kappa shape index (κ2) is 9.36. The largest absolute Gasteiger partial charge is 0.543 e. The van der Waals surface area contributed by atoms with Gasteiger partial charge in [-0.2, -0.15) is 0 Å². The molecule has 0 aromatic heterocycles. The minimum absolute atomic E-state index is 0.112. The van der Waals surface area contributed by atoms with Crippen LogP contribution in [0.15, 0.2) is 42.5 Å². The van der Waals surface area contributed by atoms with Crippen molar-refractivity contribution >= 4 is 16.6 Å². The Kier molecular flexibility index (Phi) is 7.80. The summed E-state index contributed by atoms with van der Waals surface area (Å²) in [6.07, 6.45) is 0.287. The number of benzene rings is 2. The van der Waals surface area contributed by atoms with Gasteiger partial charge in [0, 0.05) is 6.07 Å². The van der Waals surface area contributed by atoms with Crippen molar-refractivity contribution in [1.82, 2.24) is 0 Å². The van der Waals surface area contributed by atoms with Crippen LogP contribution in [0.1, 0.15) is 66.6 Å². The number of aliphatic hydroxyl groups is 1. The van der Waals surface area contributed by atoms with E-state index in [1.807, 2.05) is 19.1 Å². The maximum absolute atomic E-state index is 10.2. The molecule has 1 atom stereocenters. The van der Waals surface area contributed by atoms with Crippen molar-refractivity contribution in [2.24, 2.45) is 0 Å². The molecule has 0 saturated carbocycles. The Morgan fingerprint density at radius 1 is 0.719 bits per heavy atom. The van der Waals surface area contributed by atoms with E-state index in [0.717, 1.165) is 28.2 Å². The summed E-state index contributed by atoms with van der Waals surface area (Å²) in [5, 5.41) is 10.4. The van der Waals surface area contributed by atoms with Crippen LogP contribution in [0.4, 0.5) is 0 Å². The molecule has 32 heavy (non-hydrogen) atoms. The summed E-state index contributed by atoms with van der Waals surface area (Å²) in [7, 11) is -3.99. The summed E-state index contributed by atoms with van der Waals surface area (Å²) >= 11 is 0. The van der Waals surface area contributed by atoms with E-state index in [9.17, 15) is 5.11 Å². The van der Waals surface area contributed by atoms with Crippen LogP contribution in [0.3, 0.4) is 0 Å². The van der Waals surface area contributed by atoms with E-state index in [0.29, 0.717) is 6.42 Å². The van der Waals surface area contributed by atoms with Crippen LogP contribution in [0, 0.1) is 0 Å². The zero-order chi connectivity index (χ0) is 24.5. The lowest BCUT2D eigenvalue weighted by atomic mass is 10.0. The SMILES string of the molecule is CCC(O)c1ccc(-c2cc(O[Si](C)(C)C(C)(C)C)cc(O[Si](C)(C)C(C)(C)C)c2)cc1. The van der Waals surface area contributed by atoms with Gasteiger partial charge in [0.2, 0.25) is 16.6 Å². The van der Waals surface area contributed by atoms with E-state index in [2.05, 4.69) is 98.1 Å². The van der Waals surface area contributed by atoms with Crippen LogP contribution < -0.4 is 8.85 Å². The molecule has 0 aliphatic rings. The molecule has 0 heterocycles. The molecular weight excluding hydrogens is 428 g/mol. The molecular formula is C27H44O3Si2. The average Bonchev–Trinajstić information content (AvgIpc) is 2.64. The summed E-state index contributed by atoms with van der Waals surface area (Å²) in [5.41, 5.74) is 3.12. The number of hydrogen-bond donors (Lipinski definition) is 1. The lowest BCUT2D eigenvalue weighted by molar-refractivity contribution is 0.173. The third-order valence-electron chi connectivity index (χ3n) is 7.25. The first kappa shape index (κ1) is 26.7. The number of aliphatic hydroxyl groups excluding tert-OH is 1. The first-order valence-electron chi connectivity index (χ1n) is 11.8. The van der Waals surface area contributed by atoms with Gasteiger partial charge in [-0.15, -0.1) is 0 Å². The zero-order valence-electron chi connectivity index (χ0n) is 22.1. The van der Waals surface area contributed by atoms with Crippen molar-refractivity contribution in [1.29, 1.82) is 0 Å². The highest BCUT2D eigenvalue weighted by Gasteiger charge is 2.40. The average molecular weight is 473 g/mol. The molecule has 2 aromatic rings. The van der Waals surface area contributed by atoms with Crippen molar-refractivity contribution in [3.8, 4) is 22.6 Å². The molecule has 178 valence electrons. The molecule has 0 amide bonds. The van der Waals surface area contributed by atoms with Gasteiger partial charge in [-0.1, -0.05) is 72.7 Å². The Morgan fingerprint density at radius 3 is 1.47 bits per heavy atom. The second-order valence-electron chi connectivity index (χ2n) is 12.0. The molecule has 2 rings (SSSR count). The van der Waals surface area contributed by atoms with Gasteiger partial charge < -0.3 is 14.0 Å². The van der Waals surface area contributed by atoms with E-state index in [1.54, 1.807) is 0 Å². The van der Waals surface area contributed by atoms with Gasteiger partial charge in [0.15, 0.2) is 0 Å². The van der Waals surface area contributed by atoms with Crippen LogP contribution in [0.25, 0.3) is 11.1 Å². The molecule has 0 aliphatic heterocycles. The lowest BCUT2D eigenvalue weighted by Gasteiger charge is -2.38. The molecule has 0 saturated heterocycles. The van der Waals surface area contributed by atoms with Crippen molar-refractivity contribution in [3.63, 3.8) is 0 Å². The Bertz CT molecular complexity index is 858. The maximum Gasteiger partial charge on any atom is 0.250 e. The summed E-state index contributed by atoms with van der Waals surface area (Å²) in [4.78, 5) is 0. The first-order valence-corrected chi connectivity index (χ1v) is 17.6. The van der Waals surface area contributed by atoms with Gasteiger partial charge in [0.25, 0.3) is 0 Å². The van der Waals surface area contributed by atoms with Gasteiger partial charge >= 0.3 is 0 Å². The van der Waals surface area contributed by atoms with Gasteiger partial charge in [0.1, 0.15) is 11.5 Å². The summed E-state index contributed by atoms with van der Waals surface area (Å²) < 4.78 is 13.4. The van der Waals surface area contributed by atoms with E-state index in [1.165, 1.54) is 0 Å². The minimum atomic E-state index is -1.99. The molecule has 5 heteroatoms. The molecule has 0 fully saturated rings. The fourth-order valence-corrected chi connectivity index (χ4v) is 4.91. The molecule has 0 radical (unpaired) electrons. The Labute approximate surface area is 198 Å². The fourth-order valence-electron chi connectivity index (χ4n) is 2.89. The predicted molar refractivity (Wildman–Crippen MR) is 143 cm³/mol. The third-order valence-corrected chi connectivity index (χ3v) is 16.0. The Morgan fingerprint density at radius 2 is 1.12 bits per heavy atom. The molecule has 2 aromatic carbocycles. The maximum atomic E-state index is 10.2. The second-order valence-corrected chi connectivity index (χ2v) is 21.4. The summed E-state index contributed by atoms with van der Waals surface area (Å²) in [6.45, 7) is 24.6. The summed E-state index contributed by atoms with van der Waals surface area (Å²) in [5.74, 6) is 1.75. The van der Waals surface area contributed by atoms with Crippen molar-refractivity contribution in [2.75, 3.05) is 0 Å². The molecule has 0 aliphatic carbocycles. The molecule has 0 spiro atoms. The minimum Gasteiger partial charge on any atom is -0.543 e. The van der Waals surface area contributed by atoms with Crippen molar-refractivity contribution in [3.05, 3.63) is 48.0 Å². The van der Waals surface area contributed by atoms with Gasteiger partial charge in [0.05, 0.1) is 6.10 Å². The molecule has 3 nitrogen and oxygen atoms in total. The predicted octanol–water partition coefficient (Wildman–Crippen LogP) is 8.57. The Balaban J connectivity index is 2.53. The Hall–Kier alpha value is -1.57. The highest BCUT2D eigenvalue weighted by Crippen LogP contribution is 2.42. The normalized spacial score (nSPS) is 14.2. The molecule has 1 N–H and O–H groups in total. The van der Waals surface area contributed by atoms with Crippen LogP contribution in [0.2, 0.25) is 36.3 Å². The highest BCUT2D eigenvalue weighted by atomic mass is 28.4. The molecule has 1 unspecified atom stereocenters. The van der Waals surface area contributed by atoms with Gasteiger partial charge in [-0.3, -0.25) is 0 Å². The van der Waals surface area contributed by atoms with Crippen LogP contribution in [-0.2, 0) is 0 Å². The van der Waals surface area contributed by atoms with E-state index >= 15 is 0 Å². The van der Waals surface area contributed by atoms with E-state index in [4.69, 9.17) is 8.85 Å². The highest BCUT2D eigenvalue weighted by molar-refractivity contribution is 6.75. The molecule has 0 bridgehead atoms. The lowest BCUT2D eigenvalue weighted by Crippen LogP contribution is -2.44. The van der Waals surface area contributed by atoms with Crippen LogP contribution in [-0.4, -0.2) is 21.7 Å². The smallest absolute Gasteiger partial charge is 0.250 e. The topological polar surface area (TPSA) is 38.7 Å². The monoisotopic (exact) mass is 472 g/mol. The standard InChI is InChI=1S/C27H44O3Si2/c1-12-25(28)21-15-13-20(14-16-21)22-17-23(29-31(8,9)26(2,3)4)19-24(18-22)30-32(10,11)27(5,6)7/h13-19,25,28H,12H2,1-11H3. The van der Waals surface area contributed by atoms with Crippen LogP contribution in [0.5, 0.6) is 11.5 Å². The number of hydrogen-bond acceptors (Lipinski definition) is 3. The van der Waals surface area contributed by atoms with Crippen LogP contribution >= 0.6 is 0 Å². The van der Waals surface area contributed by atoms with Crippen molar-refractivity contribution < 1.29 is 14.0 Å². The van der Waals surface area contributed by atoms with Gasteiger partial charge in [-0.05, 0) is 71.5 Å². The summed E-state index contributed by atoms with van der Waals surface area (Å²) in [6, 6.07) is 14.5. The third kappa shape index (κ3) is 6.27. The van der Waals surface area contributed by atoms with Crippen molar-refractivity contribution in [2.45, 2.75) is 97.3 Å². The van der Waals surface area contributed by atoms with E-state index in [-0.39, 0.29) is 10.1 Å². The number of rotatable bonds is 7.